The molecule has 5 heteroatoms. The van der Waals surface area contributed by atoms with Crippen molar-refractivity contribution < 1.29 is 13.9 Å². The Bertz CT molecular complexity index is 983. The van der Waals surface area contributed by atoms with Gasteiger partial charge in [-0.05, 0) is 45.2 Å². The predicted molar refractivity (Wildman–Crippen MR) is 134 cm³/mol. The van der Waals surface area contributed by atoms with Crippen molar-refractivity contribution in [3.8, 4) is 17.2 Å². The van der Waals surface area contributed by atoms with Crippen LogP contribution in [0.4, 0.5) is 0 Å². The van der Waals surface area contributed by atoms with Gasteiger partial charge in [-0.3, -0.25) is 0 Å². The van der Waals surface area contributed by atoms with Crippen molar-refractivity contribution in [1.29, 1.82) is 0 Å². The van der Waals surface area contributed by atoms with E-state index in [2.05, 4.69) is 74.1 Å². The smallest absolute Gasteiger partial charge is 0.250 e. The standard InChI is InChI=1S/C26H31BrO3Si/c1-26(2,3)31(4,5)30-23-17-25(29-19-21-14-10-7-11-15-21)24(16-22(23)27)28-18-20-12-8-6-9-13-20/h6-17H,18-19H2,1-5H3. The van der Waals surface area contributed by atoms with E-state index in [0.717, 1.165) is 21.3 Å². The van der Waals surface area contributed by atoms with Crippen molar-refractivity contribution in [2.24, 2.45) is 0 Å². The second-order valence-electron chi connectivity index (χ2n) is 9.14. The van der Waals surface area contributed by atoms with Crippen LogP contribution in [-0.2, 0) is 13.2 Å². The number of hydrogen-bond acceptors (Lipinski definition) is 3. The monoisotopic (exact) mass is 498 g/mol. The number of hydrogen-bond donors (Lipinski definition) is 0. The van der Waals surface area contributed by atoms with E-state index in [4.69, 9.17) is 13.9 Å². The lowest BCUT2D eigenvalue weighted by Crippen LogP contribution is -2.43. The van der Waals surface area contributed by atoms with E-state index in [1.54, 1.807) is 0 Å². The molecule has 0 atom stereocenters. The molecule has 0 saturated heterocycles. The van der Waals surface area contributed by atoms with E-state index in [-0.39, 0.29) is 5.04 Å². The number of benzene rings is 3. The molecule has 0 unspecified atom stereocenters. The van der Waals surface area contributed by atoms with E-state index in [1.165, 1.54) is 0 Å². The fourth-order valence-electron chi connectivity index (χ4n) is 2.72. The van der Waals surface area contributed by atoms with Gasteiger partial charge in [0.05, 0.1) is 4.47 Å². The van der Waals surface area contributed by atoms with Gasteiger partial charge in [0.25, 0.3) is 8.32 Å². The van der Waals surface area contributed by atoms with Crippen molar-refractivity contribution in [3.05, 3.63) is 88.4 Å². The topological polar surface area (TPSA) is 27.7 Å². The SMILES string of the molecule is CC(C)(C)[Si](C)(C)Oc1cc(OCc2ccccc2)c(OCc2ccccc2)cc1Br. The highest BCUT2D eigenvalue weighted by Crippen LogP contribution is 2.43. The molecular weight excluding hydrogens is 468 g/mol. The Hall–Kier alpha value is -2.24. The minimum atomic E-state index is -2.00. The molecule has 0 bridgehead atoms. The van der Waals surface area contributed by atoms with Gasteiger partial charge in [-0.25, -0.2) is 0 Å². The second-order valence-corrected chi connectivity index (χ2v) is 14.7. The van der Waals surface area contributed by atoms with Gasteiger partial charge in [0.15, 0.2) is 11.5 Å². The summed E-state index contributed by atoms with van der Waals surface area (Å²) >= 11 is 3.68. The molecule has 3 rings (SSSR count). The average Bonchev–Trinajstić information content (AvgIpc) is 2.73. The van der Waals surface area contributed by atoms with E-state index in [1.807, 2.05) is 48.5 Å². The highest BCUT2D eigenvalue weighted by atomic mass is 79.9. The van der Waals surface area contributed by atoms with Crippen molar-refractivity contribution in [3.63, 3.8) is 0 Å². The molecule has 0 spiro atoms. The maximum absolute atomic E-state index is 6.56. The summed E-state index contributed by atoms with van der Waals surface area (Å²) in [5.41, 5.74) is 2.21. The van der Waals surface area contributed by atoms with Crippen molar-refractivity contribution in [2.75, 3.05) is 0 Å². The maximum atomic E-state index is 6.56. The largest absolute Gasteiger partial charge is 0.543 e. The molecule has 31 heavy (non-hydrogen) atoms. The Kier molecular flexibility index (Phi) is 7.49. The first kappa shape index (κ1) is 23.4. The summed E-state index contributed by atoms with van der Waals surface area (Å²) in [6, 6.07) is 24.2. The Morgan fingerprint density at radius 1 is 0.710 bits per heavy atom. The maximum Gasteiger partial charge on any atom is 0.250 e. The molecule has 0 saturated carbocycles. The van der Waals surface area contributed by atoms with Gasteiger partial charge in [0.2, 0.25) is 0 Å². The number of halogens is 1. The van der Waals surface area contributed by atoms with E-state index < -0.39 is 8.32 Å². The predicted octanol–water partition coefficient (Wildman–Crippen LogP) is 7.99. The third kappa shape index (κ3) is 6.37. The van der Waals surface area contributed by atoms with Crippen molar-refractivity contribution in [2.45, 2.75) is 52.1 Å². The average molecular weight is 500 g/mol. The van der Waals surface area contributed by atoms with E-state index >= 15 is 0 Å². The molecule has 0 fully saturated rings. The van der Waals surface area contributed by atoms with Crippen LogP contribution in [0, 0.1) is 0 Å². The molecule has 0 amide bonds. The second kappa shape index (κ2) is 9.92. The number of ether oxygens (including phenoxy) is 2. The summed E-state index contributed by atoms with van der Waals surface area (Å²) in [5.74, 6) is 2.16. The lowest BCUT2D eigenvalue weighted by molar-refractivity contribution is 0.255. The summed E-state index contributed by atoms with van der Waals surface area (Å²) in [7, 11) is -2.00. The Morgan fingerprint density at radius 3 is 1.61 bits per heavy atom. The quantitative estimate of drug-likeness (QED) is 0.294. The molecule has 0 radical (unpaired) electrons. The molecule has 3 aromatic carbocycles. The zero-order valence-electron chi connectivity index (χ0n) is 18.9. The van der Waals surface area contributed by atoms with Gasteiger partial charge in [0, 0.05) is 12.1 Å². The first-order valence-corrected chi connectivity index (χ1v) is 14.2. The third-order valence-electron chi connectivity index (χ3n) is 5.64. The normalized spacial score (nSPS) is 11.8. The van der Waals surface area contributed by atoms with Crippen molar-refractivity contribution >= 4 is 24.2 Å². The fraction of sp³-hybridized carbons (Fsp3) is 0.308. The van der Waals surface area contributed by atoms with Gasteiger partial charge < -0.3 is 13.9 Å². The van der Waals surface area contributed by atoms with Crippen LogP contribution in [0.1, 0.15) is 31.9 Å². The highest BCUT2D eigenvalue weighted by Gasteiger charge is 2.39. The van der Waals surface area contributed by atoms with Gasteiger partial charge in [-0.2, -0.15) is 0 Å². The van der Waals surface area contributed by atoms with E-state index in [9.17, 15) is 0 Å². The Balaban J connectivity index is 1.87. The molecule has 3 aromatic rings. The summed E-state index contributed by atoms with van der Waals surface area (Å²) in [5, 5.41) is 0.0972. The van der Waals surface area contributed by atoms with Crippen LogP contribution in [0.5, 0.6) is 17.2 Å². The minimum absolute atomic E-state index is 0.0972. The molecular formula is C26H31BrO3Si. The highest BCUT2D eigenvalue weighted by molar-refractivity contribution is 9.10. The summed E-state index contributed by atoms with van der Waals surface area (Å²) in [6.45, 7) is 12.1. The van der Waals surface area contributed by atoms with Crippen molar-refractivity contribution in [1.82, 2.24) is 0 Å². The zero-order valence-corrected chi connectivity index (χ0v) is 21.5. The third-order valence-corrected chi connectivity index (χ3v) is 10.6. The van der Waals surface area contributed by atoms with Crippen LogP contribution in [0.2, 0.25) is 18.1 Å². The molecule has 3 nitrogen and oxygen atoms in total. The zero-order chi connectivity index (χ0) is 22.5. The molecule has 0 N–H and O–H groups in total. The van der Waals surface area contributed by atoms with Gasteiger partial charge in [0.1, 0.15) is 19.0 Å². The molecule has 0 aliphatic rings. The molecule has 164 valence electrons. The van der Waals surface area contributed by atoms with Crippen LogP contribution < -0.4 is 13.9 Å². The summed E-state index contributed by atoms with van der Waals surface area (Å²) in [6.07, 6.45) is 0. The van der Waals surface area contributed by atoms with Gasteiger partial charge in [-0.15, -0.1) is 0 Å². The van der Waals surface area contributed by atoms with Crippen LogP contribution in [-0.4, -0.2) is 8.32 Å². The first-order chi connectivity index (χ1) is 14.7. The summed E-state index contributed by atoms with van der Waals surface area (Å²) < 4.78 is 19.8. The lowest BCUT2D eigenvalue weighted by Gasteiger charge is -2.36. The van der Waals surface area contributed by atoms with Gasteiger partial charge in [-0.1, -0.05) is 81.4 Å². The molecule has 0 aliphatic heterocycles. The van der Waals surface area contributed by atoms with Crippen LogP contribution in [0.25, 0.3) is 0 Å². The van der Waals surface area contributed by atoms with Crippen LogP contribution in [0.15, 0.2) is 77.3 Å². The van der Waals surface area contributed by atoms with Gasteiger partial charge >= 0.3 is 0 Å². The van der Waals surface area contributed by atoms with Crippen LogP contribution in [0.3, 0.4) is 0 Å². The molecule has 0 heterocycles. The number of rotatable bonds is 8. The molecule has 0 aromatic heterocycles. The van der Waals surface area contributed by atoms with E-state index in [0.29, 0.717) is 24.7 Å². The lowest BCUT2D eigenvalue weighted by atomic mass is 10.2. The van der Waals surface area contributed by atoms with Crippen LogP contribution >= 0.6 is 15.9 Å². The first-order valence-electron chi connectivity index (χ1n) is 10.5. The fourth-order valence-corrected chi connectivity index (χ4v) is 4.30. The Morgan fingerprint density at radius 2 is 1.16 bits per heavy atom. The minimum Gasteiger partial charge on any atom is -0.543 e. The molecule has 0 aliphatic carbocycles. The Labute approximate surface area is 195 Å². The summed E-state index contributed by atoms with van der Waals surface area (Å²) in [4.78, 5) is 0.